The van der Waals surface area contributed by atoms with E-state index in [9.17, 15) is 35.2 Å². The zero-order valence-electron chi connectivity index (χ0n) is 23.7. The summed E-state index contributed by atoms with van der Waals surface area (Å²) in [5, 5.41) is 7.73. The van der Waals surface area contributed by atoms with Crippen molar-refractivity contribution in [1.29, 1.82) is 0 Å². The Bertz CT molecular complexity index is 1810. The molecule has 0 bridgehead atoms. The molecule has 0 atom stereocenters. The highest BCUT2D eigenvalue weighted by molar-refractivity contribution is 7.93. The third-order valence-electron chi connectivity index (χ3n) is 6.01. The number of ether oxygens (including phenoxy) is 1. The zero-order chi connectivity index (χ0) is 33.3. The van der Waals surface area contributed by atoms with Crippen molar-refractivity contribution in [2.75, 3.05) is 10.0 Å². The number of primary amides is 1. The molecule has 4 N–H and O–H groups in total. The van der Waals surface area contributed by atoms with Gasteiger partial charge in [-0.25, -0.2) is 23.1 Å². The van der Waals surface area contributed by atoms with E-state index in [4.69, 9.17) is 22.1 Å². The number of nitrogens with two attached hydrogens (primary N) is 1. The molecule has 2 aromatic carbocycles. The Balaban J connectivity index is 1.83. The third kappa shape index (κ3) is 7.78. The fraction of sp³-hybridized carbons (Fsp3) is 0.259. The van der Waals surface area contributed by atoms with Gasteiger partial charge in [0.2, 0.25) is 0 Å². The van der Waals surface area contributed by atoms with Gasteiger partial charge < -0.3 is 15.8 Å². The fourth-order valence-electron chi connectivity index (χ4n) is 3.93. The molecule has 1 amide bonds. The van der Waals surface area contributed by atoms with Gasteiger partial charge in [0.25, 0.3) is 15.9 Å². The van der Waals surface area contributed by atoms with Crippen LogP contribution in [0.4, 0.5) is 39.3 Å². The molecule has 240 valence electrons. The molecule has 45 heavy (non-hydrogen) atoms. The van der Waals surface area contributed by atoms with E-state index in [2.05, 4.69) is 20.4 Å². The first-order valence-corrected chi connectivity index (χ1v) is 14.7. The molecular formula is C27H25ClF5N7O4S. The molecule has 0 fully saturated rings. The van der Waals surface area contributed by atoms with Gasteiger partial charge in [0.05, 0.1) is 23.6 Å². The number of hydrogen-bond donors (Lipinski definition) is 3. The molecule has 4 aromatic rings. The van der Waals surface area contributed by atoms with Crippen LogP contribution in [0.1, 0.15) is 42.4 Å². The number of benzene rings is 2. The molecule has 0 aliphatic rings. The number of alkyl halides is 5. The van der Waals surface area contributed by atoms with Crippen molar-refractivity contribution in [3.63, 3.8) is 0 Å². The Kier molecular flexibility index (Phi) is 9.25. The molecule has 0 spiro atoms. The monoisotopic (exact) mass is 673 g/mol. The number of carbonyl (C=O) groups excluding carboxylic acids is 1. The highest BCUT2D eigenvalue weighted by atomic mass is 35.5. The van der Waals surface area contributed by atoms with Crippen molar-refractivity contribution in [1.82, 2.24) is 19.7 Å². The molecule has 0 saturated carbocycles. The van der Waals surface area contributed by atoms with Crippen LogP contribution in [0.3, 0.4) is 0 Å². The van der Waals surface area contributed by atoms with E-state index < -0.39 is 39.1 Å². The van der Waals surface area contributed by atoms with Gasteiger partial charge in [-0.1, -0.05) is 29.8 Å². The van der Waals surface area contributed by atoms with Crippen molar-refractivity contribution in [2.45, 2.75) is 44.9 Å². The second-order valence-electron chi connectivity index (χ2n) is 10.5. The van der Waals surface area contributed by atoms with Crippen LogP contribution in [-0.4, -0.2) is 39.8 Å². The second-order valence-corrected chi connectivity index (χ2v) is 12.5. The summed E-state index contributed by atoms with van der Waals surface area (Å²) in [6.45, 7) is 5.03. The molecule has 0 aliphatic heterocycles. The lowest BCUT2D eigenvalue weighted by atomic mass is 10.1. The lowest BCUT2D eigenvalue weighted by Crippen LogP contribution is -2.25. The van der Waals surface area contributed by atoms with Crippen LogP contribution in [-0.2, 0) is 28.3 Å². The number of hydrogen-bond acceptors (Lipinski definition) is 8. The first kappa shape index (κ1) is 33.4. The summed E-state index contributed by atoms with van der Waals surface area (Å²) >= 11 is 5.92. The molecule has 18 heteroatoms. The molecule has 0 radical (unpaired) electrons. The van der Waals surface area contributed by atoms with Gasteiger partial charge in [-0.05, 0) is 50.6 Å². The van der Waals surface area contributed by atoms with E-state index in [0.29, 0.717) is 16.8 Å². The number of halogens is 6. The smallest absolute Gasteiger partial charge is 0.434 e. The van der Waals surface area contributed by atoms with Crippen LogP contribution in [0.25, 0.3) is 11.3 Å². The molecule has 0 aliphatic carbocycles. The summed E-state index contributed by atoms with van der Waals surface area (Å²) in [4.78, 5) is 19.9. The second kappa shape index (κ2) is 12.5. The third-order valence-corrected chi connectivity index (χ3v) is 7.23. The Morgan fingerprint density at radius 1 is 1.07 bits per heavy atom. The van der Waals surface area contributed by atoms with E-state index >= 15 is 0 Å². The molecule has 2 heterocycles. The number of sulfonamides is 1. The largest absolute Gasteiger partial charge is 0.487 e. The number of amides is 1. The van der Waals surface area contributed by atoms with Crippen molar-refractivity contribution in [3.8, 4) is 17.0 Å². The van der Waals surface area contributed by atoms with Crippen LogP contribution >= 0.6 is 11.6 Å². The van der Waals surface area contributed by atoms with Gasteiger partial charge in [0, 0.05) is 10.6 Å². The first-order valence-electron chi connectivity index (χ1n) is 12.8. The fourth-order valence-corrected chi connectivity index (χ4v) is 4.62. The summed E-state index contributed by atoms with van der Waals surface area (Å²) in [7, 11) is -5.10. The van der Waals surface area contributed by atoms with Crippen molar-refractivity contribution in [2.24, 2.45) is 5.73 Å². The Morgan fingerprint density at radius 3 is 2.27 bits per heavy atom. The minimum atomic E-state index is -5.10. The quantitative estimate of drug-likeness (QED) is 0.169. The summed E-state index contributed by atoms with van der Waals surface area (Å²) in [6.07, 6.45) is -3.40. The minimum Gasteiger partial charge on any atom is -0.487 e. The average molecular weight is 674 g/mol. The van der Waals surface area contributed by atoms with Gasteiger partial charge in [0.1, 0.15) is 35.2 Å². The maximum atomic E-state index is 13.2. The van der Waals surface area contributed by atoms with Crippen molar-refractivity contribution in [3.05, 3.63) is 76.7 Å². The molecule has 11 nitrogen and oxygen atoms in total. The van der Waals surface area contributed by atoms with Crippen LogP contribution in [0.5, 0.6) is 5.75 Å². The van der Waals surface area contributed by atoms with Gasteiger partial charge in [0.15, 0.2) is 5.69 Å². The molecular weight excluding hydrogens is 649 g/mol. The number of anilines is 3. The lowest BCUT2D eigenvalue weighted by molar-refractivity contribution is -0.141. The van der Waals surface area contributed by atoms with Gasteiger partial charge in [-0.3, -0.25) is 9.52 Å². The Morgan fingerprint density at radius 2 is 1.73 bits per heavy atom. The number of rotatable bonds is 10. The summed E-state index contributed by atoms with van der Waals surface area (Å²) in [6, 6.07) is 10.1. The summed E-state index contributed by atoms with van der Waals surface area (Å²) in [5.41, 5.74) is 3.83. The van der Waals surface area contributed by atoms with E-state index in [-0.39, 0.29) is 46.5 Å². The topological polar surface area (TPSA) is 154 Å². The number of aromatic nitrogens is 4. The SMILES string of the molecule is CC(C)(C)n1nc(-c2ccc(NS(=O)(=O)C(F)F)c(OCc3ccc(Cl)cc3)c2)c(C(N)=O)c1Nc1cnc(C(F)(F)F)cn1. The standard InChI is InChI=1S/C27H25ClF5N7O4S/c1-26(2,3)40-24(37-20-12-35-19(11-36-20)27(31,32)33)21(23(34)41)22(38-40)15-6-9-17(39-45(42,43)25(29)30)18(10-15)44-13-14-4-7-16(28)8-5-14/h4-12,25,39H,13H2,1-3H3,(H2,34,41)(H,36,37). The van der Waals surface area contributed by atoms with Crippen LogP contribution < -0.4 is 20.5 Å². The first-order chi connectivity index (χ1) is 20.9. The Hall–Kier alpha value is -4.51. The van der Waals surface area contributed by atoms with E-state index in [1.165, 1.54) is 16.8 Å². The number of carbonyl (C=O) groups is 1. The minimum absolute atomic E-state index is 0.0369. The number of nitrogens with zero attached hydrogens (tertiary/aromatic N) is 4. The van der Waals surface area contributed by atoms with E-state index in [1.54, 1.807) is 49.8 Å². The predicted octanol–water partition coefficient (Wildman–Crippen LogP) is 6.15. The Labute approximate surface area is 258 Å². The van der Waals surface area contributed by atoms with E-state index in [0.717, 1.165) is 12.3 Å². The predicted molar refractivity (Wildman–Crippen MR) is 156 cm³/mol. The average Bonchev–Trinajstić information content (AvgIpc) is 3.33. The van der Waals surface area contributed by atoms with Crippen LogP contribution in [0.15, 0.2) is 54.9 Å². The van der Waals surface area contributed by atoms with Crippen LogP contribution in [0.2, 0.25) is 5.02 Å². The van der Waals surface area contributed by atoms with Gasteiger partial charge in [-0.2, -0.15) is 27.1 Å². The van der Waals surface area contributed by atoms with Gasteiger partial charge >= 0.3 is 11.9 Å². The number of nitrogens with one attached hydrogen (secondary N) is 2. The summed E-state index contributed by atoms with van der Waals surface area (Å²) in [5.74, 6) is -5.13. The summed E-state index contributed by atoms with van der Waals surface area (Å²) < 4.78 is 98.3. The lowest BCUT2D eigenvalue weighted by Gasteiger charge is -2.23. The normalized spacial score (nSPS) is 12.3. The van der Waals surface area contributed by atoms with Gasteiger partial charge in [-0.15, -0.1) is 0 Å². The van der Waals surface area contributed by atoms with Crippen molar-refractivity contribution < 1.29 is 39.9 Å². The maximum absolute atomic E-state index is 13.2. The highest BCUT2D eigenvalue weighted by Crippen LogP contribution is 2.38. The van der Waals surface area contributed by atoms with E-state index in [1.807, 2.05) is 0 Å². The molecule has 0 unspecified atom stereocenters. The molecule has 4 rings (SSSR count). The highest BCUT2D eigenvalue weighted by Gasteiger charge is 2.34. The molecule has 2 aromatic heterocycles. The molecule has 0 saturated heterocycles. The van der Waals surface area contributed by atoms with Crippen LogP contribution in [0, 0.1) is 0 Å². The zero-order valence-corrected chi connectivity index (χ0v) is 25.2. The van der Waals surface area contributed by atoms with Crippen molar-refractivity contribution >= 4 is 44.9 Å². The maximum Gasteiger partial charge on any atom is 0.434 e.